The van der Waals surface area contributed by atoms with Crippen LogP contribution in [-0.2, 0) is 6.42 Å². The normalized spacial score (nSPS) is 12.7. The van der Waals surface area contributed by atoms with E-state index in [4.69, 9.17) is 0 Å². The summed E-state index contributed by atoms with van der Waals surface area (Å²) in [4.78, 5) is 4.78. The van der Waals surface area contributed by atoms with Gasteiger partial charge in [-0.15, -0.1) is 11.3 Å². The minimum Gasteiger partial charge on any atom is -0.388 e. The summed E-state index contributed by atoms with van der Waals surface area (Å²) in [5.74, 6) is -0.419. The lowest BCUT2D eigenvalue weighted by atomic mass is 10.1. The van der Waals surface area contributed by atoms with Gasteiger partial charge in [0, 0.05) is 23.1 Å². The van der Waals surface area contributed by atoms with E-state index in [0.29, 0.717) is 12.0 Å². The fourth-order valence-corrected chi connectivity index (χ4v) is 2.09. The molecule has 2 aromatic heterocycles. The molecule has 2 nitrogen and oxygen atoms in total. The summed E-state index contributed by atoms with van der Waals surface area (Å²) in [7, 11) is 0. The molecule has 15 heavy (non-hydrogen) atoms. The first-order valence-electron chi connectivity index (χ1n) is 4.56. The Balaban J connectivity index is 2.11. The van der Waals surface area contributed by atoms with Crippen LogP contribution in [0.1, 0.15) is 16.5 Å². The number of aliphatic hydroxyl groups excluding tert-OH is 1. The summed E-state index contributed by atoms with van der Waals surface area (Å²) in [5, 5.41) is 11.8. The van der Waals surface area contributed by atoms with Gasteiger partial charge in [-0.1, -0.05) is 6.07 Å². The average molecular weight is 223 g/mol. The fraction of sp³-hybridized carbons (Fsp3) is 0.182. The van der Waals surface area contributed by atoms with E-state index in [2.05, 4.69) is 4.98 Å². The third kappa shape index (κ3) is 2.61. The van der Waals surface area contributed by atoms with Crippen molar-refractivity contribution in [2.75, 3.05) is 0 Å². The Bertz CT molecular complexity index is 430. The van der Waals surface area contributed by atoms with E-state index in [-0.39, 0.29) is 0 Å². The molecule has 0 aliphatic rings. The highest BCUT2D eigenvalue weighted by Crippen LogP contribution is 2.20. The van der Waals surface area contributed by atoms with Crippen molar-refractivity contribution in [3.05, 3.63) is 52.2 Å². The van der Waals surface area contributed by atoms with Crippen molar-refractivity contribution in [2.24, 2.45) is 0 Å². The molecule has 0 bridgehead atoms. The molecule has 0 aliphatic carbocycles. The van der Waals surface area contributed by atoms with Crippen molar-refractivity contribution in [3.63, 3.8) is 0 Å². The van der Waals surface area contributed by atoms with Crippen LogP contribution in [-0.4, -0.2) is 10.1 Å². The van der Waals surface area contributed by atoms with E-state index in [1.807, 2.05) is 17.5 Å². The molecule has 0 amide bonds. The number of pyridine rings is 1. The Morgan fingerprint density at radius 1 is 1.47 bits per heavy atom. The monoisotopic (exact) mass is 223 g/mol. The van der Waals surface area contributed by atoms with E-state index in [1.54, 1.807) is 11.3 Å². The Morgan fingerprint density at radius 2 is 2.33 bits per heavy atom. The summed E-state index contributed by atoms with van der Waals surface area (Å²) in [6.45, 7) is 0. The molecule has 1 unspecified atom stereocenters. The fourth-order valence-electron chi connectivity index (χ4n) is 1.35. The van der Waals surface area contributed by atoms with Crippen LogP contribution in [0.15, 0.2) is 36.0 Å². The van der Waals surface area contributed by atoms with E-state index in [9.17, 15) is 9.50 Å². The highest BCUT2D eigenvalue weighted by Gasteiger charge is 2.10. The second-order valence-electron chi connectivity index (χ2n) is 3.24. The second-order valence-corrected chi connectivity index (χ2v) is 4.27. The minimum absolute atomic E-state index is 0.419. The van der Waals surface area contributed by atoms with Gasteiger partial charge in [0.2, 0.25) is 0 Å². The molecular weight excluding hydrogens is 213 g/mol. The zero-order valence-corrected chi connectivity index (χ0v) is 8.75. The van der Waals surface area contributed by atoms with Gasteiger partial charge in [0.05, 0.1) is 12.3 Å². The Labute approximate surface area is 91.0 Å². The third-order valence-corrected chi connectivity index (χ3v) is 2.98. The first-order chi connectivity index (χ1) is 7.25. The maximum absolute atomic E-state index is 12.8. The van der Waals surface area contributed by atoms with Crippen LogP contribution in [0.5, 0.6) is 0 Å². The number of thiophene rings is 1. The van der Waals surface area contributed by atoms with Gasteiger partial charge in [-0.3, -0.25) is 4.98 Å². The van der Waals surface area contributed by atoms with Gasteiger partial charge in [-0.05, 0) is 17.5 Å². The van der Waals surface area contributed by atoms with E-state index >= 15 is 0 Å². The lowest BCUT2D eigenvalue weighted by molar-refractivity contribution is 0.178. The molecule has 2 aromatic rings. The van der Waals surface area contributed by atoms with Crippen LogP contribution in [0.3, 0.4) is 0 Å². The van der Waals surface area contributed by atoms with Crippen molar-refractivity contribution in [1.29, 1.82) is 0 Å². The maximum Gasteiger partial charge on any atom is 0.141 e. The molecule has 0 aliphatic heterocycles. The van der Waals surface area contributed by atoms with E-state index < -0.39 is 11.9 Å². The molecule has 1 atom stereocenters. The Hall–Kier alpha value is -1.26. The molecule has 2 rings (SSSR count). The molecule has 78 valence electrons. The second kappa shape index (κ2) is 4.51. The van der Waals surface area contributed by atoms with Crippen molar-refractivity contribution in [3.8, 4) is 0 Å². The molecule has 4 heteroatoms. The van der Waals surface area contributed by atoms with E-state index in [0.717, 1.165) is 11.1 Å². The largest absolute Gasteiger partial charge is 0.388 e. The van der Waals surface area contributed by atoms with Gasteiger partial charge < -0.3 is 5.11 Å². The molecule has 0 aromatic carbocycles. The summed E-state index contributed by atoms with van der Waals surface area (Å²) in [6, 6.07) is 5.18. The predicted octanol–water partition coefficient (Wildman–Crippen LogP) is 2.56. The SMILES string of the molecule is OC(Cc1cccs1)c1cncc(F)c1. The predicted molar refractivity (Wildman–Crippen MR) is 57.2 cm³/mol. The van der Waals surface area contributed by atoms with Gasteiger partial charge in [0.25, 0.3) is 0 Å². The molecule has 0 fully saturated rings. The number of hydrogen-bond donors (Lipinski definition) is 1. The molecule has 0 saturated carbocycles. The Kier molecular flexibility index (Phi) is 3.08. The van der Waals surface area contributed by atoms with Crippen LogP contribution in [0, 0.1) is 5.82 Å². The number of aliphatic hydroxyl groups is 1. The number of hydrogen-bond acceptors (Lipinski definition) is 3. The summed E-state index contributed by atoms with van der Waals surface area (Å²) < 4.78 is 12.8. The first kappa shape index (κ1) is 10.3. The van der Waals surface area contributed by atoms with E-state index in [1.165, 1.54) is 12.3 Å². The van der Waals surface area contributed by atoms with Crippen molar-refractivity contribution < 1.29 is 9.50 Å². The summed E-state index contributed by atoms with van der Waals surface area (Å²) in [5.41, 5.74) is 0.517. The van der Waals surface area contributed by atoms with Crippen molar-refractivity contribution in [2.45, 2.75) is 12.5 Å². The highest BCUT2D eigenvalue weighted by molar-refractivity contribution is 7.09. The smallest absolute Gasteiger partial charge is 0.141 e. The topological polar surface area (TPSA) is 33.1 Å². The first-order valence-corrected chi connectivity index (χ1v) is 5.44. The van der Waals surface area contributed by atoms with Crippen molar-refractivity contribution >= 4 is 11.3 Å². The molecule has 0 spiro atoms. The average Bonchev–Trinajstić information content (AvgIpc) is 2.70. The molecule has 2 heterocycles. The van der Waals surface area contributed by atoms with Gasteiger partial charge >= 0.3 is 0 Å². The molecular formula is C11H10FNOS. The molecule has 1 N–H and O–H groups in total. The number of aromatic nitrogens is 1. The summed E-state index contributed by atoms with van der Waals surface area (Å²) in [6.07, 6.45) is 2.43. The zero-order chi connectivity index (χ0) is 10.7. The maximum atomic E-state index is 12.8. The van der Waals surface area contributed by atoms with Crippen LogP contribution >= 0.6 is 11.3 Å². The van der Waals surface area contributed by atoms with Gasteiger partial charge in [-0.25, -0.2) is 4.39 Å². The Morgan fingerprint density at radius 3 is 3.00 bits per heavy atom. The minimum atomic E-state index is -0.688. The zero-order valence-electron chi connectivity index (χ0n) is 7.93. The van der Waals surface area contributed by atoms with Gasteiger partial charge in [-0.2, -0.15) is 0 Å². The number of halogens is 1. The molecule has 0 saturated heterocycles. The summed E-state index contributed by atoms with van der Waals surface area (Å²) >= 11 is 1.58. The quantitative estimate of drug-likeness (QED) is 0.867. The van der Waals surface area contributed by atoms with Crippen LogP contribution in [0.2, 0.25) is 0 Å². The highest BCUT2D eigenvalue weighted by atomic mass is 32.1. The van der Waals surface area contributed by atoms with Gasteiger partial charge in [0.1, 0.15) is 5.82 Å². The van der Waals surface area contributed by atoms with Crippen molar-refractivity contribution in [1.82, 2.24) is 4.98 Å². The van der Waals surface area contributed by atoms with Crippen LogP contribution in [0.25, 0.3) is 0 Å². The number of rotatable bonds is 3. The third-order valence-electron chi connectivity index (χ3n) is 2.09. The standard InChI is InChI=1S/C11H10FNOS/c12-9-4-8(6-13-7-9)11(14)5-10-2-1-3-15-10/h1-4,6-7,11,14H,5H2. The van der Waals surface area contributed by atoms with Gasteiger partial charge in [0.15, 0.2) is 0 Å². The van der Waals surface area contributed by atoms with Crippen LogP contribution < -0.4 is 0 Å². The lowest BCUT2D eigenvalue weighted by Crippen LogP contribution is -2.01. The molecule has 0 radical (unpaired) electrons. The lowest BCUT2D eigenvalue weighted by Gasteiger charge is -2.08. The van der Waals surface area contributed by atoms with Crippen LogP contribution in [0.4, 0.5) is 4.39 Å². The number of nitrogens with zero attached hydrogens (tertiary/aromatic N) is 1.